The first-order chi connectivity index (χ1) is 10.0. The summed E-state index contributed by atoms with van der Waals surface area (Å²) in [5, 5.41) is 3.98. The summed E-state index contributed by atoms with van der Waals surface area (Å²) in [7, 11) is 1.90. The lowest BCUT2D eigenvalue weighted by atomic mass is 10.2. The van der Waals surface area contributed by atoms with Gasteiger partial charge in [0.15, 0.2) is 0 Å². The van der Waals surface area contributed by atoms with E-state index in [1.807, 2.05) is 24.1 Å². The van der Waals surface area contributed by atoms with Crippen molar-refractivity contribution in [3.05, 3.63) is 33.8 Å². The van der Waals surface area contributed by atoms with Gasteiger partial charge in [-0.25, -0.2) is 0 Å². The third-order valence-electron chi connectivity index (χ3n) is 3.40. The van der Waals surface area contributed by atoms with Crippen LogP contribution in [0, 0.1) is 0 Å². The number of likely N-dealkylation sites (N-methyl/N-ethyl adjacent to an activating group) is 1. The summed E-state index contributed by atoms with van der Waals surface area (Å²) in [6, 6.07) is 5.50. The Balaban J connectivity index is 1.73. The van der Waals surface area contributed by atoms with E-state index < -0.39 is 0 Å². The Bertz CT molecular complexity index is 491. The van der Waals surface area contributed by atoms with Crippen LogP contribution in [0.2, 0.25) is 10.0 Å². The first-order valence-electron chi connectivity index (χ1n) is 7.05. The maximum atomic E-state index is 11.9. The minimum Gasteiger partial charge on any atom is -0.376 e. The fraction of sp³-hybridized carbons (Fsp3) is 0.533. The molecule has 0 spiro atoms. The molecule has 1 fully saturated rings. The first kappa shape index (κ1) is 16.6. The van der Waals surface area contributed by atoms with Crippen molar-refractivity contribution in [1.82, 2.24) is 10.2 Å². The molecule has 0 saturated carbocycles. The van der Waals surface area contributed by atoms with E-state index in [1.54, 1.807) is 6.07 Å². The van der Waals surface area contributed by atoms with E-state index in [9.17, 15) is 4.79 Å². The molecule has 0 aromatic heterocycles. The summed E-state index contributed by atoms with van der Waals surface area (Å²) in [4.78, 5) is 13.8. The molecule has 1 heterocycles. The van der Waals surface area contributed by atoms with E-state index in [0.717, 1.165) is 25.0 Å². The molecule has 116 valence electrons. The summed E-state index contributed by atoms with van der Waals surface area (Å²) >= 11 is 11.9. The zero-order chi connectivity index (χ0) is 15.2. The van der Waals surface area contributed by atoms with Crippen molar-refractivity contribution in [2.45, 2.75) is 25.5 Å². The van der Waals surface area contributed by atoms with Crippen LogP contribution < -0.4 is 5.32 Å². The Morgan fingerprint density at radius 2 is 2.24 bits per heavy atom. The molecule has 1 saturated heterocycles. The number of nitrogens with one attached hydrogen (secondary N) is 1. The average Bonchev–Trinajstić information content (AvgIpc) is 2.94. The lowest BCUT2D eigenvalue weighted by Crippen LogP contribution is -2.38. The molecule has 0 radical (unpaired) electrons. The highest BCUT2D eigenvalue weighted by atomic mass is 35.5. The van der Waals surface area contributed by atoms with Crippen molar-refractivity contribution in [3.63, 3.8) is 0 Å². The van der Waals surface area contributed by atoms with E-state index in [2.05, 4.69) is 5.32 Å². The number of carbonyl (C=O) groups excluding carboxylic acids is 1. The van der Waals surface area contributed by atoms with Gasteiger partial charge in [-0.05, 0) is 37.6 Å². The molecule has 21 heavy (non-hydrogen) atoms. The standard InChI is InChI=1S/C15H20Cl2N2O2/c1-19(9-11-4-5-13(16)14(17)7-11)10-15(20)18-8-12-3-2-6-21-12/h4-5,7,12H,2-3,6,8-10H2,1H3,(H,18,20). The van der Waals surface area contributed by atoms with E-state index >= 15 is 0 Å². The summed E-state index contributed by atoms with van der Waals surface area (Å²) in [6.45, 7) is 2.38. The fourth-order valence-corrected chi connectivity index (χ4v) is 2.66. The van der Waals surface area contributed by atoms with Gasteiger partial charge >= 0.3 is 0 Å². The lowest BCUT2D eigenvalue weighted by molar-refractivity contribution is -0.122. The highest BCUT2D eigenvalue weighted by Crippen LogP contribution is 2.23. The van der Waals surface area contributed by atoms with Gasteiger partial charge in [0, 0.05) is 19.7 Å². The van der Waals surface area contributed by atoms with Crippen molar-refractivity contribution in [2.75, 3.05) is 26.7 Å². The number of ether oxygens (including phenoxy) is 1. The topological polar surface area (TPSA) is 41.6 Å². The van der Waals surface area contributed by atoms with Crippen molar-refractivity contribution in [3.8, 4) is 0 Å². The molecule has 0 bridgehead atoms. The summed E-state index contributed by atoms with van der Waals surface area (Å²) in [5.74, 6) is 0.00746. The Morgan fingerprint density at radius 1 is 1.43 bits per heavy atom. The predicted octanol–water partition coefficient (Wildman–Crippen LogP) is 2.72. The molecule has 1 aromatic rings. The van der Waals surface area contributed by atoms with Gasteiger partial charge in [-0.2, -0.15) is 0 Å². The molecule has 1 unspecified atom stereocenters. The maximum Gasteiger partial charge on any atom is 0.234 e. The number of hydrogen-bond acceptors (Lipinski definition) is 3. The van der Waals surface area contributed by atoms with Crippen LogP contribution in [-0.2, 0) is 16.1 Å². The molecule has 1 N–H and O–H groups in total. The number of amides is 1. The van der Waals surface area contributed by atoms with E-state index in [-0.39, 0.29) is 12.0 Å². The van der Waals surface area contributed by atoms with E-state index in [1.165, 1.54) is 0 Å². The highest BCUT2D eigenvalue weighted by molar-refractivity contribution is 6.42. The second-order valence-electron chi connectivity index (χ2n) is 5.36. The Morgan fingerprint density at radius 3 is 2.90 bits per heavy atom. The van der Waals surface area contributed by atoms with E-state index in [4.69, 9.17) is 27.9 Å². The van der Waals surface area contributed by atoms with Crippen LogP contribution >= 0.6 is 23.2 Å². The van der Waals surface area contributed by atoms with Crippen LogP contribution in [0.25, 0.3) is 0 Å². The van der Waals surface area contributed by atoms with E-state index in [0.29, 0.717) is 29.7 Å². The van der Waals surface area contributed by atoms with Gasteiger partial charge in [0.1, 0.15) is 0 Å². The largest absolute Gasteiger partial charge is 0.376 e. The summed E-state index contributed by atoms with van der Waals surface area (Å²) < 4.78 is 5.47. The van der Waals surface area contributed by atoms with Crippen LogP contribution in [0.1, 0.15) is 18.4 Å². The average molecular weight is 331 g/mol. The van der Waals surface area contributed by atoms with Gasteiger partial charge in [-0.1, -0.05) is 29.3 Å². The van der Waals surface area contributed by atoms with Gasteiger partial charge in [0.2, 0.25) is 5.91 Å². The quantitative estimate of drug-likeness (QED) is 0.871. The number of nitrogens with zero attached hydrogens (tertiary/aromatic N) is 1. The fourth-order valence-electron chi connectivity index (χ4n) is 2.34. The molecule has 0 aliphatic carbocycles. The minimum atomic E-state index is 0.00746. The van der Waals surface area contributed by atoms with Gasteiger partial charge in [0.05, 0.1) is 22.7 Å². The summed E-state index contributed by atoms with van der Waals surface area (Å²) in [6.07, 6.45) is 2.28. The molecule has 1 aliphatic rings. The van der Waals surface area contributed by atoms with Crippen molar-refractivity contribution < 1.29 is 9.53 Å². The molecule has 1 amide bonds. The Kier molecular flexibility index (Phi) is 6.30. The van der Waals surface area contributed by atoms with Gasteiger partial charge in [-0.15, -0.1) is 0 Å². The SMILES string of the molecule is CN(CC(=O)NCC1CCCO1)Cc1ccc(Cl)c(Cl)c1. The van der Waals surface area contributed by atoms with Crippen LogP contribution in [0.4, 0.5) is 0 Å². The van der Waals surface area contributed by atoms with Crippen molar-refractivity contribution in [2.24, 2.45) is 0 Å². The number of halogens is 2. The van der Waals surface area contributed by atoms with Gasteiger partial charge in [0.25, 0.3) is 0 Å². The third-order valence-corrected chi connectivity index (χ3v) is 4.14. The van der Waals surface area contributed by atoms with Gasteiger partial charge < -0.3 is 10.1 Å². The molecule has 1 aliphatic heterocycles. The normalized spacial score (nSPS) is 18.2. The Hall–Kier alpha value is -0.810. The maximum absolute atomic E-state index is 11.9. The van der Waals surface area contributed by atoms with Crippen LogP contribution in [0.5, 0.6) is 0 Å². The number of carbonyl (C=O) groups is 1. The first-order valence-corrected chi connectivity index (χ1v) is 7.81. The number of rotatable bonds is 6. The number of hydrogen-bond donors (Lipinski definition) is 1. The molecular weight excluding hydrogens is 311 g/mol. The molecular formula is C15H20Cl2N2O2. The Labute approximate surface area is 135 Å². The second-order valence-corrected chi connectivity index (χ2v) is 6.17. The molecule has 4 nitrogen and oxygen atoms in total. The molecule has 1 atom stereocenters. The smallest absolute Gasteiger partial charge is 0.234 e. The molecule has 1 aromatic carbocycles. The van der Waals surface area contributed by atoms with Crippen molar-refractivity contribution in [1.29, 1.82) is 0 Å². The van der Waals surface area contributed by atoms with Crippen LogP contribution in [0.15, 0.2) is 18.2 Å². The van der Waals surface area contributed by atoms with Crippen LogP contribution in [-0.4, -0.2) is 43.7 Å². The lowest BCUT2D eigenvalue weighted by Gasteiger charge is -2.17. The zero-order valence-electron chi connectivity index (χ0n) is 12.1. The molecule has 6 heteroatoms. The monoisotopic (exact) mass is 330 g/mol. The third kappa shape index (κ3) is 5.47. The highest BCUT2D eigenvalue weighted by Gasteiger charge is 2.16. The minimum absolute atomic E-state index is 0.00746. The van der Waals surface area contributed by atoms with Gasteiger partial charge in [-0.3, -0.25) is 9.69 Å². The second kappa shape index (κ2) is 7.99. The predicted molar refractivity (Wildman–Crippen MR) is 84.8 cm³/mol. The zero-order valence-corrected chi connectivity index (χ0v) is 13.6. The van der Waals surface area contributed by atoms with Crippen molar-refractivity contribution >= 4 is 29.1 Å². The number of benzene rings is 1. The van der Waals surface area contributed by atoms with Crippen LogP contribution in [0.3, 0.4) is 0 Å². The summed E-state index contributed by atoms with van der Waals surface area (Å²) in [5.41, 5.74) is 1.03. The molecule has 2 rings (SSSR count).